The fraction of sp³-hybridized carbons (Fsp3) is 0. The van der Waals surface area contributed by atoms with Crippen molar-refractivity contribution < 1.29 is 23.8 Å². The Balaban J connectivity index is 2.68. The van der Waals surface area contributed by atoms with E-state index in [2.05, 4.69) is 4.42 Å². The Bertz CT molecular complexity index is 604. The first kappa shape index (κ1) is 13.7. The molecule has 1 heterocycles. The molecule has 0 N–H and O–H groups in total. The van der Waals surface area contributed by atoms with Gasteiger partial charge in [0.05, 0.1) is 6.26 Å². The van der Waals surface area contributed by atoms with E-state index in [0.717, 1.165) is 0 Å². The van der Waals surface area contributed by atoms with E-state index in [1.165, 1.54) is 18.2 Å². The fourth-order valence-corrected chi connectivity index (χ4v) is 2.81. The number of hydrogen-bond acceptors (Lipinski definition) is 1. The van der Waals surface area contributed by atoms with Crippen molar-refractivity contribution in [3.05, 3.63) is 40.2 Å². The van der Waals surface area contributed by atoms with Crippen LogP contribution < -0.4 is 0 Å². The van der Waals surface area contributed by atoms with Gasteiger partial charge >= 0.3 is 10.2 Å². The summed E-state index contributed by atoms with van der Waals surface area (Å²) in [5, 5.41) is 0. The zero-order valence-corrected chi connectivity index (χ0v) is 11.5. The maximum Gasteiger partial charge on any atom is 0.314 e. The lowest BCUT2D eigenvalue weighted by molar-refractivity contribution is 0.363. The minimum absolute atomic E-state index is 0.0323. The van der Waals surface area contributed by atoms with Gasteiger partial charge in [0.15, 0.2) is 10.7 Å². The first-order valence-corrected chi connectivity index (χ1v) is 7.58. The lowest BCUT2D eigenvalue weighted by Gasteiger charge is -2.39. The predicted octanol–water partition coefficient (Wildman–Crippen LogP) is 6.21. The zero-order valence-electron chi connectivity index (χ0n) is 8.55. The summed E-state index contributed by atoms with van der Waals surface area (Å²) < 4.78 is 69.0. The summed E-state index contributed by atoms with van der Waals surface area (Å²) in [5.41, 5.74) is -0.0323. The summed E-state index contributed by atoms with van der Waals surface area (Å²) in [6.45, 7) is 0. The van der Waals surface area contributed by atoms with Crippen LogP contribution in [0.3, 0.4) is 0 Å². The highest BCUT2D eigenvalue weighted by atomic mass is 127. The largest absolute Gasteiger partial charge is 0.463 e. The Kier molecular flexibility index (Phi) is 2.59. The summed E-state index contributed by atoms with van der Waals surface area (Å²) in [7, 11) is -9.73. The van der Waals surface area contributed by atoms with Crippen molar-refractivity contribution >= 4 is 32.8 Å². The standard InChI is InChI=1S/C10H6F5IOS/c11-18(12,13,14,15)9-4-5-17-10(9)7-2-1-3-8(16)6-7/h1-6H. The molecule has 2 rings (SSSR count). The molecule has 0 saturated carbocycles. The molecule has 1 nitrogen and oxygen atoms in total. The molecule has 0 unspecified atom stereocenters. The van der Waals surface area contributed by atoms with Crippen LogP contribution in [-0.4, -0.2) is 0 Å². The van der Waals surface area contributed by atoms with E-state index in [9.17, 15) is 19.4 Å². The van der Waals surface area contributed by atoms with E-state index >= 15 is 0 Å². The highest BCUT2D eigenvalue weighted by Crippen LogP contribution is 3.02. The number of halogens is 6. The third-order valence-electron chi connectivity index (χ3n) is 2.13. The third kappa shape index (κ3) is 2.79. The van der Waals surface area contributed by atoms with Gasteiger partial charge in [0, 0.05) is 9.13 Å². The van der Waals surface area contributed by atoms with Crippen molar-refractivity contribution in [1.29, 1.82) is 0 Å². The molecule has 0 aliphatic carbocycles. The number of furan rings is 1. The van der Waals surface area contributed by atoms with Crippen LogP contribution in [0.15, 0.2) is 45.9 Å². The van der Waals surface area contributed by atoms with Crippen LogP contribution in [-0.2, 0) is 0 Å². The Morgan fingerprint density at radius 3 is 2.22 bits per heavy atom. The van der Waals surface area contributed by atoms with E-state index in [1.54, 1.807) is 6.07 Å². The fourth-order valence-electron chi connectivity index (χ4n) is 1.44. The third-order valence-corrected chi connectivity index (χ3v) is 3.96. The molecule has 0 saturated heterocycles. The number of hydrogen-bond donors (Lipinski definition) is 0. The topological polar surface area (TPSA) is 13.1 Å². The van der Waals surface area contributed by atoms with E-state index in [0.29, 0.717) is 9.83 Å². The average Bonchev–Trinajstić information content (AvgIpc) is 2.63. The molecule has 0 atom stereocenters. The summed E-state index contributed by atoms with van der Waals surface area (Å²) in [6.07, 6.45) is 0.614. The lowest BCUT2D eigenvalue weighted by Crippen LogP contribution is -2.06. The monoisotopic (exact) mass is 396 g/mol. The van der Waals surface area contributed by atoms with E-state index in [-0.39, 0.29) is 11.6 Å². The molecule has 1 aromatic carbocycles. The smallest absolute Gasteiger partial charge is 0.314 e. The van der Waals surface area contributed by atoms with Crippen LogP contribution in [0.2, 0.25) is 0 Å². The molecular weight excluding hydrogens is 390 g/mol. The molecule has 0 bridgehead atoms. The Morgan fingerprint density at radius 2 is 1.67 bits per heavy atom. The van der Waals surface area contributed by atoms with Crippen molar-refractivity contribution in [3.63, 3.8) is 0 Å². The molecule has 1 aromatic heterocycles. The summed E-state index contributed by atoms with van der Waals surface area (Å²) >= 11 is 1.87. The van der Waals surface area contributed by atoms with Crippen LogP contribution in [0, 0.1) is 3.57 Å². The normalized spacial score (nSPS) is 16.1. The van der Waals surface area contributed by atoms with Crippen LogP contribution in [0.1, 0.15) is 0 Å². The highest BCUT2D eigenvalue weighted by molar-refractivity contribution is 14.1. The lowest BCUT2D eigenvalue weighted by atomic mass is 10.2. The maximum atomic E-state index is 12.8. The van der Waals surface area contributed by atoms with Gasteiger partial charge in [-0.15, -0.1) is 0 Å². The van der Waals surface area contributed by atoms with Gasteiger partial charge in [-0.1, -0.05) is 31.6 Å². The van der Waals surface area contributed by atoms with E-state index in [4.69, 9.17) is 0 Å². The Labute approximate surface area is 113 Å². The minimum atomic E-state index is -9.73. The van der Waals surface area contributed by atoms with E-state index in [1.807, 2.05) is 22.6 Å². The average molecular weight is 396 g/mol. The van der Waals surface area contributed by atoms with Crippen molar-refractivity contribution in [2.75, 3.05) is 0 Å². The van der Waals surface area contributed by atoms with Crippen LogP contribution >= 0.6 is 32.8 Å². The Hall–Kier alpha value is -0.770. The molecule has 0 radical (unpaired) electrons. The van der Waals surface area contributed by atoms with Gasteiger partial charge in [0.1, 0.15) is 0 Å². The van der Waals surface area contributed by atoms with Gasteiger partial charge in [-0.2, -0.15) is 0 Å². The zero-order chi connectivity index (χ0) is 13.7. The quantitative estimate of drug-likeness (QED) is 0.435. The number of rotatable bonds is 2. The van der Waals surface area contributed by atoms with Gasteiger partial charge in [-0.05, 0) is 40.8 Å². The first-order chi connectivity index (χ1) is 7.97. The van der Waals surface area contributed by atoms with Gasteiger partial charge < -0.3 is 4.42 Å². The van der Waals surface area contributed by atoms with Crippen LogP contribution in [0.25, 0.3) is 11.3 Å². The number of benzene rings is 1. The first-order valence-electron chi connectivity index (χ1n) is 4.55. The second kappa shape index (κ2) is 3.41. The van der Waals surface area contributed by atoms with Crippen LogP contribution in [0.5, 0.6) is 0 Å². The van der Waals surface area contributed by atoms with Gasteiger partial charge in [-0.3, -0.25) is 0 Å². The molecule has 0 aliphatic heterocycles. The van der Waals surface area contributed by atoms with Crippen molar-refractivity contribution in [2.24, 2.45) is 0 Å². The molecule has 18 heavy (non-hydrogen) atoms. The van der Waals surface area contributed by atoms with Crippen molar-refractivity contribution in [1.82, 2.24) is 0 Å². The second-order valence-electron chi connectivity index (χ2n) is 3.59. The SMILES string of the molecule is FS(F)(F)(F)(F)c1ccoc1-c1cccc(I)c1. The van der Waals surface area contributed by atoms with E-state index < -0.39 is 20.9 Å². The molecular formula is C10H6F5IOS. The van der Waals surface area contributed by atoms with Gasteiger partial charge in [0.2, 0.25) is 0 Å². The van der Waals surface area contributed by atoms with Crippen molar-refractivity contribution in [2.45, 2.75) is 4.90 Å². The highest BCUT2D eigenvalue weighted by Gasteiger charge is 2.67. The molecule has 0 spiro atoms. The molecule has 0 aliphatic rings. The maximum absolute atomic E-state index is 12.8. The minimum Gasteiger partial charge on any atom is -0.463 e. The summed E-state index contributed by atoms with van der Waals surface area (Å²) in [4.78, 5) is -1.99. The summed E-state index contributed by atoms with van der Waals surface area (Å²) in [6, 6.07) is 5.98. The Morgan fingerprint density at radius 1 is 1.00 bits per heavy atom. The molecule has 2 aromatic rings. The van der Waals surface area contributed by atoms with Crippen LogP contribution in [0.4, 0.5) is 19.4 Å². The van der Waals surface area contributed by atoms with Gasteiger partial charge in [-0.25, -0.2) is 0 Å². The predicted molar refractivity (Wildman–Crippen MR) is 68.3 cm³/mol. The molecule has 8 heteroatoms. The molecule has 0 amide bonds. The van der Waals surface area contributed by atoms with Gasteiger partial charge in [0.25, 0.3) is 0 Å². The van der Waals surface area contributed by atoms with Crippen molar-refractivity contribution in [3.8, 4) is 11.3 Å². The molecule has 0 fully saturated rings. The molecule has 100 valence electrons. The second-order valence-corrected chi connectivity index (χ2v) is 7.22. The summed E-state index contributed by atoms with van der Waals surface area (Å²) in [5.74, 6) is -0.854.